The van der Waals surface area contributed by atoms with Gasteiger partial charge in [0.2, 0.25) is 0 Å². The van der Waals surface area contributed by atoms with Crippen molar-refractivity contribution in [3.8, 4) is 11.5 Å². The van der Waals surface area contributed by atoms with Gasteiger partial charge in [-0.2, -0.15) is 0 Å². The van der Waals surface area contributed by atoms with Crippen molar-refractivity contribution in [2.45, 2.75) is 49.2 Å². The first-order chi connectivity index (χ1) is 16.4. The summed E-state index contributed by atoms with van der Waals surface area (Å²) in [5.74, 6) is 0.899. The van der Waals surface area contributed by atoms with Gasteiger partial charge in [-0.3, -0.25) is 0 Å². The summed E-state index contributed by atoms with van der Waals surface area (Å²) in [4.78, 5) is 7.28. The monoisotopic (exact) mass is 500 g/mol. The Kier molecular flexibility index (Phi) is 7.78. The van der Waals surface area contributed by atoms with Gasteiger partial charge in [-0.15, -0.1) is 11.3 Å². The molecule has 1 fully saturated rings. The van der Waals surface area contributed by atoms with Crippen LogP contribution in [0.2, 0.25) is 0 Å². The SMILES string of the molecule is CCCc1ccc(Cc2csc(N3CCC(S(=O)(=O)c4ccc(OC)cc4OC)CC3)n2)cc1. The maximum absolute atomic E-state index is 13.3. The molecule has 0 amide bonds. The molecule has 182 valence electrons. The number of thiazole rings is 1. The molecule has 1 aliphatic rings. The number of ether oxygens (including phenoxy) is 2. The average molecular weight is 501 g/mol. The first-order valence-electron chi connectivity index (χ1n) is 11.7. The van der Waals surface area contributed by atoms with Crippen LogP contribution in [0.4, 0.5) is 5.13 Å². The molecule has 4 rings (SSSR count). The molecule has 0 saturated carbocycles. The maximum atomic E-state index is 13.3. The minimum absolute atomic E-state index is 0.232. The Labute approximate surface area is 206 Å². The number of sulfone groups is 1. The van der Waals surface area contributed by atoms with Crippen LogP contribution < -0.4 is 14.4 Å². The number of aryl methyl sites for hydroxylation is 1. The van der Waals surface area contributed by atoms with Gasteiger partial charge in [0, 0.05) is 31.0 Å². The lowest BCUT2D eigenvalue weighted by atomic mass is 10.1. The molecule has 1 aromatic heterocycles. The topological polar surface area (TPSA) is 68.7 Å². The van der Waals surface area contributed by atoms with Crippen LogP contribution in [0.3, 0.4) is 0 Å². The van der Waals surface area contributed by atoms with Crippen LogP contribution in [-0.2, 0) is 22.7 Å². The van der Waals surface area contributed by atoms with Crippen molar-refractivity contribution in [3.05, 3.63) is 64.7 Å². The first kappa shape index (κ1) is 24.5. The normalized spacial score (nSPS) is 14.9. The number of aromatic nitrogens is 1. The van der Waals surface area contributed by atoms with E-state index >= 15 is 0 Å². The smallest absolute Gasteiger partial charge is 0.185 e. The summed E-state index contributed by atoms with van der Waals surface area (Å²) < 4.78 is 37.2. The number of hydrogen-bond acceptors (Lipinski definition) is 7. The molecule has 0 bridgehead atoms. The highest BCUT2D eigenvalue weighted by Gasteiger charge is 2.34. The Morgan fingerprint density at radius 1 is 1.03 bits per heavy atom. The summed E-state index contributed by atoms with van der Waals surface area (Å²) in [6, 6.07) is 13.7. The number of hydrogen-bond donors (Lipinski definition) is 0. The molecular weight excluding hydrogens is 468 g/mol. The fourth-order valence-corrected chi connectivity index (χ4v) is 7.14. The fraction of sp³-hybridized carbons (Fsp3) is 0.423. The maximum Gasteiger partial charge on any atom is 0.185 e. The highest BCUT2D eigenvalue weighted by atomic mass is 32.2. The van der Waals surface area contributed by atoms with Crippen molar-refractivity contribution in [1.29, 1.82) is 0 Å². The minimum atomic E-state index is -3.50. The zero-order chi connectivity index (χ0) is 24.1. The number of piperidine rings is 1. The van der Waals surface area contributed by atoms with Crippen molar-refractivity contribution < 1.29 is 17.9 Å². The lowest BCUT2D eigenvalue weighted by Gasteiger charge is -2.31. The second-order valence-corrected chi connectivity index (χ2v) is 11.6. The van der Waals surface area contributed by atoms with Crippen LogP contribution in [0.5, 0.6) is 11.5 Å². The summed E-state index contributed by atoms with van der Waals surface area (Å²) >= 11 is 1.63. The van der Waals surface area contributed by atoms with E-state index in [1.54, 1.807) is 36.6 Å². The standard InChI is InChI=1S/C26H32N2O4S2/c1-4-5-19-6-8-20(9-7-19)16-21-18-33-26(27-21)28-14-12-23(13-15-28)34(29,30)25-11-10-22(31-2)17-24(25)32-3/h6-11,17-18,23H,4-5,12-16H2,1-3H3. The van der Waals surface area contributed by atoms with E-state index in [2.05, 4.69) is 41.5 Å². The lowest BCUT2D eigenvalue weighted by molar-refractivity contribution is 0.385. The highest BCUT2D eigenvalue weighted by molar-refractivity contribution is 7.92. The van der Waals surface area contributed by atoms with Gasteiger partial charge in [0.05, 0.1) is 25.2 Å². The summed E-state index contributed by atoms with van der Waals surface area (Å²) in [6.45, 7) is 3.53. The molecule has 8 heteroatoms. The molecule has 0 spiro atoms. The molecule has 0 aliphatic carbocycles. The van der Waals surface area contributed by atoms with Crippen molar-refractivity contribution >= 4 is 26.3 Å². The van der Waals surface area contributed by atoms with E-state index in [0.29, 0.717) is 37.4 Å². The molecule has 6 nitrogen and oxygen atoms in total. The van der Waals surface area contributed by atoms with Gasteiger partial charge < -0.3 is 14.4 Å². The molecule has 1 aliphatic heterocycles. The van der Waals surface area contributed by atoms with Crippen LogP contribution in [0, 0.1) is 0 Å². The van der Waals surface area contributed by atoms with E-state index < -0.39 is 15.1 Å². The third kappa shape index (κ3) is 5.39. The Morgan fingerprint density at radius 2 is 1.74 bits per heavy atom. The van der Waals surface area contributed by atoms with Crippen LogP contribution in [0.1, 0.15) is 43.0 Å². The van der Waals surface area contributed by atoms with Crippen LogP contribution in [0.15, 0.2) is 52.7 Å². The Balaban J connectivity index is 1.39. The van der Waals surface area contributed by atoms with Gasteiger partial charge in [0.25, 0.3) is 0 Å². The predicted molar refractivity (Wildman–Crippen MR) is 137 cm³/mol. The molecular formula is C26H32N2O4S2. The molecule has 3 aromatic rings. The Hall–Kier alpha value is -2.58. The molecule has 1 saturated heterocycles. The van der Waals surface area contributed by atoms with Gasteiger partial charge in [0.1, 0.15) is 16.4 Å². The van der Waals surface area contributed by atoms with Crippen molar-refractivity contribution in [2.24, 2.45) is 0 Å². The van der Waals surface area contributed by atoms with Gasteiger partial charge in [0.15, 0.2) is 15.0 Å². The van der Waals surface area contributed by atoms with Crippen LogP contribution in [-0.4, -0.2) is 46.0 Å². The number of methoxy groups -OCH3 is 2. The summed E-state index contributed by atoms with van der Waals surface area (Å²) in [5, 5.41) is 2.64. The quantitative estimate of drug-likeness (QED) is 0.405. The first-order valence-corrected chi connectivity index (χ1v) is 14.1. The lowest BCUT2D eigenvalue weighted by Crippen LogP contribution is -2.39. The third-order valence-corrected chi connectivity index (χ3v) is 9.56. The Morgan fingerprint density at radius 3 is 2.38 bits per heavy atom. The Bertz CT molecular complexity index is 1200. The molecule has 0 atom stereocenters. The molecule has 2 aromatic carbocycles. The second kappa shape index (κ2) is 10.8. The van der Waals surface area contributed by atoms with Crippen molar-refractivity contribution in [1.82, 2.24) is 4.98 Å². The largest absolute Gasteiger partial charge is 0.497 e. The molecule has 0 N–H and O–H groups in total. The van der Waals surface area contributed by atoms with E-state index in [9.17, 15) is 8.42 Å². The van der Waals surface area contributed by atoms with E-state index in [0.717, 1.165) is 30.1 Å². The second-order valence-electron chi connectivity index (χ2n) is 8.61. The average Bonchev–Trinajstić information content (AvgIpc) is 3.33. The molecule has 0 radical (unpaired) electrons. The van der Waals surface area contributed by atoms with Crippen molar-refractivity contribution in [3.63, 3.8) is 0 Å². The zero-order valence-electron chi connectivity index (χ0n) is 20.0. The zero-order valence-corrected chi connectivity index (χ0v) is 21.6. The third-order valence-electron chi connectivity index (χ3n) is 6.32. The number of nitrogens with zero attached hydrogens (tertiary/aromatic N) is 2. The van der Waals surface area contributed by atoms with Gasteiger partial charge in [-0.05, 0) is 42.5 Å². The van der Waals surface area contributed by atoms with E-state index in [1.165, 1.54) is 18.2 Å². The van der Waals surface area contributed by atoms with Gasteiger partial charge >= 0.3 is 0 Å². The van der Waals surface area contributed by atoms with E-state index in [4.69, 9.17) is 14.5 Å². The predicted octanol–water partition coefficient (Wildman–Crippen LogP) is 5.15. The van der Waals surface area contributed by atoms with Crippen LogP contribution >= 0.6 is 11.3 Å². The fourth-order valence-electron chi connectivity index (χ4n) is 4.39. The van der Waals surface area contributed by atoms with E-state index in [1.807, 2.05) is 0 Å². The van der Waals surface area contributed by atoms with Crippen LogP contribution in [0.25, 0.3) is 0 Å². The number of anilines is 1. The molecule has 0 unspecified atom stereocenters. The molecule has 34 heavy (non-hydrogen) atoms. The van der Waals surface area contributed by atoms with Crippen molar-refractivity contribution in [2.75, 3.05) is 32.2 Å². The summed E-state index contributed by atoms with van der Waals surface area (Å²) in [6.07, 6.45) is 4.19. The highest BCUT2D eigenvalue weighted by Crippen LogP contribution is 2.35. The van der Waals surface area contributed by atoms with Gasteiger partial charge in [-0.25, -0.2) is 13.4 Å². The number of rotatable bonds is 9. The molecule has 2 heterocycles. The minimum Gasteiger partial charge on any atom is -0.497 e. The summed E-state index contributed by atoms with van der Waals surface area (Å²) in [5.41, 5.74) is 3.69. The summed E-state index contributed by atoms with van der Waals surface area (Å²) in [7, 11) is -0.473. The number of benzene rings is 2. The van der Waals surface area contributed by atoms with E-state index in [-0.39, 0.29) is 4.90 Å². The van der Waals surface area contributed by atoms with Gasteiger partial charge in [-0.1, -0.05) is 37.6 Å².